The van der Waals surface area contributed by atoms with Crippen LogP contribution in [-0.4, -0.2) is 56.1 Å². The maximum atomic E-state index is 14.4. The number of benzene rings is 2. The van der Waals surface area contributed by atoms with Gasteiger partial charge in [-0.25, -0.2) is 4.39 Å². The largest absolute Gasteiger partial charge is 0.573 e. The predicted octanol–water partition coefficient (Wildman–Crippen LogP) is 6.07. The smallest absolute Gasteiger partial charge is 0.462 e. The summed E-state index contributed by atoms with van der Waals surface area (Å²) >= 11 is 0. The van der Waals surface area contributed by atoms with Gasteiger partial charge in [-0.15, -0.1) is 13.2 Å². The molecule has 220 valence electrons. The molecule has 0 aromatic heterocycles. The van der Waals surface area contributed by atoms with Crippen LogP contribution in [0.2, 0.25) is 0 Å². The second-order valence-corrected chi connectivity index (χ2v) is 11.6. The molecule has 3 aliphatic rings. The van der Waals surface area contributed by atoms with Gasteiger partial charge in [0.2, 0.25) is 0 Å². The molecule has 5 rings (SSSR count). The number of rotatable bonds is 8. The third kappa shape index (κ3) is 6.45. The van der Waals surface area contributed by atoms with Crippen LogP contribution in [0, 0.1) is 34.9 Å². The molecule has 1 unspecified atom stereocenters. The summed E-state index contributed by atoms with van der Waals surface area (Å²) in [6.45, 7) is 5.55. The number of anilines is 1. The molecule has 0 spiro atoms. The molecule has 3 fully saturated rings. The van der Waals surface area contributed by atoms with Crippen molar-refractivity contribution in [1.29, 1.82) is 5.26 Å². The number of halogens is 4. The molecule has 10 heteroatoms. The Kier molecular flexibility index (Phi) is 8.46. The molecule has 2 aromatic rings. The van der Waals surface area contributed by atoms with E-state index in [0.717, 1.165) is 64.1 Å². The van der Waals surface area contributed by atoms with Crippen molar-refractivity contribution < 1.29 is 31.8 Å². The van der Waals surface area contributed by atoms with Crippen LogP contribution in [-0.2, 0) is 14.9 Å². The van der Waals surface area contributed by atoms with Crippen molar-refractivity contribution in [2.45, 2.75) is 56.9 Å². The summed E-state index contributed by atoms with van der Waals surface area (Å²) in [5, 5.41) is 10.8. The summed E-state index contributed by atoms with van der Waals surface area (Å²) in [5.41, 5.74) is 0.589. The summed E-state index contributed by atoms with van der Waals surface area (Å²) in [5.74, 6) is -0.721. The van der Waals surface area contributed by atoms with E-state index in [0.29, 0.717) is 17.9 Å². The van der Waals surface area contributed by atoms with Crippen LogP contribution in [0.3, 0.4) is 0 Å². The average Bonchev–Trinajstić information content (AvgIpc) is 3.35. The first-order chi connectivity index (χ1) is 19.6. The van der Waals surface area contributed by atoms with Crippen molar-refractivity contribution in [3.8, 4) is 11.8 Å². The molecule has 2 heterocycles. The summed E-state index contributed by atoms with van der Waals surface area (Å²) in [7, 11) is 0. The van der Waals surface area contributed by atoms with Gasteiger partial charge in [0.05, 0.1) is 11.5 Å². The third-order valence-electron chi connectivity index (χ3n) is 8.98. The Morgan fingerprint density at radius 2 is 1.76 bits per heavy atom. The number of ether oxygens (including phenoxy) is 2. The Hall–Kier alpha value is -3.32. The number of esters is 1. The van der Waals surface area contributed by atoms with Crippen molar-refractivity contribution in [2.24, 2.45) is 17.8 Å². The summed E-state index contributed by atoms with van der Waals surface area (Å²) in [6, 6.07) is 14.9. The van der Waals surface area contributed by atoms with Gasteiger partial charge in [0.25, 0.3) is 0 Å². The molecular weight excluding hydrogens is 538 g/mol. The maximum Gasteiger partial charge on any atom is 0.573 e. The van der Waals surface area contributed by atoms with Crippen molar-refractivity contribution in [3.63, 3.8) is 0 Å². The fourth-order valence-electron chi connectivity index (χ4n) is 7.23. The first kappa shape index (κ1) is 29.2. The van der Waals surface area contributed by atoms with Crippen LogP contribution in [0.5, 0.6) is 5.75 Å². The number of hydrogen-bond donors (Lipinski definition) is 0. The van der Waals surface area contributed by atoms with E-state index < -0.39 is 11.8 Å². The number of likely N-dealkylation sites (tertiary alicyclic amines) is 1. The topological polar surface area (TPSA) is 65.8 Å². The lowest BCUT2D eigenvalue weighted by molar-refractivity contribution is -0.274. The van der Waals surface area contributed by atoms with Crippen LogP contribution in [0.1, 0.15) is 44.6 Å². The number of hydrogen-bond acceptors (Lipinski definition) is 6. The monoisotopic (exact) mass is 573 g/mol. The Balaban J connectivity index is 1.21. The normalized spacial score (nSPS) is 23.9. The van der Waals surface area contributed by atoms with Crippen LogP contribution in [0.15, 0.2) is 48.5 Å². The highest BCUT2D eigenvalue weighted by atomic mass is 19.4. The van der Waals surface area contributed by atoms with E-state index >= 15 is 0 Å². The number of piperidine rings is 1. The zero-order chi connectivity index (χ0) is 29.2. The Morgan fingerprint density at radius 1 is 1.05 bits per heavy atom. The highest BCUT2D eigenvalue weighted by molar-refractivity contribution is 5.66. The van der Waals surface area contributed by atoms with Crippen molar-refractivity contribution in [3.05, 3.63) is 59.9 Å². The Bertz CT molecular complexity index is 1250. The molecule has 2 aliphatic heterocycles. The minimum atomic E-state index is -4.71. The highest BCUT2D eigenvalue weighted by Crippen LogP contribution is 2.51. The van der Waals surface area contributed by atoms with Gasteiger partial charge in [-0.05, 0) is 93.1 Å². The summed E-state index contributed by atoms with van der Waals surface area (Å²) < 4.78 is 61.3. The molecule has 1 saturated carbocycles. The fraction of sp³-hybridized carbons (Fsp3) is 0.548. The zero-order valence-electron chi connectivity index (χ0n) is 23.1. The lowest BCUT2D eigenvalue weighted by atomic mass is 9.59. The number of nitrogens with zero attached hydrogens (tertiary/aromatic N) is 3. The first-order valence-electron chi connectivity index (χ1n) is 14.2. The lowest BCUT2D eigenvalue weighted by Crippen LogP contribution is -2.54. The quantitative estimate of drug-likeness (QED) is 0.282. The van der Waals surface area contributed by atoms with Gasteiger partial charge in [0.15, 0.2) is 0 Å². The Labute approximate surface area is 237 Å². The van der Waals surface area contributed by atoms with Crippen LogP contribution < -0.4 is 9.64 Å². The minimum Gasteiger partial charge on any atom is -0.462 e. The fourth-order valence-corrected chi connectivity index (χ4v) is 7.23. The minimum absolute atomic E-state index is 0.00188. The van der Waals surface area contributed by atoms with Gasteiger partial charge in [-0.1, -0.05) is 12.1 Å². The molecular formula is C31H35F4N3O3. The van der Waals surface area contributed by atoms with E-state index in [2.05, 4.69) is 20.6 Å². The highest BCUT2D eigenvalue weighted by Gasteiger charge is 2.53. The van der Waals surface area contributed by atoms with E-state index in [9.17, 15) is 27.6 Å². The molecule has 0 amide bonds. The predicted molar refractivity (Wildman–Crippen MR) is 145 cm³/mol. The summed E-state index contributed by atoms with van der Waals surface area (Å²) in [6.07, 6.45) is -1.18. The van der Waals surface area contributed by atoms with Gasteiger partial charge < -0.3 is 19.3 Å². The molecule has 0 bridgehead atoms. The first-order valence-corrected chi connectivity index (χ1v) is 14.2. The third-order valence-corrected chi connectivity index (χ3v) is 8.98. The van der Waals surface area contributed by atoms with Crippen LogP contribution in [0.4, 0.5) is 23.2 Å². The van der Waals surface area contributed by atoms with Gasteiger partial charge in [0, 0.05) is 44.1 Å². The average molecular weight is 574 g/mol. The lowest BCUT2D eigenvalue weighted by Gasteiger charge is -2.47. The van der Waals surface area contributed by atoms with Crippen LogP contribution in [0.25, 0.3) is 0 Å². The van der Waals surface area contributed by atoms with Crippen molar-refractivity contribution >= 4 is 11.7 Å². The van der Waals surface area contributed by atoms with E-state index in [1.165, 1.54) is 31.2 Å². The number of nitriles is 1. The molecule has 0 radical (unpaired) electrons. The van der Waals surface area contributed by atoms with E-state index in [1.54, 1.807) is 18.2 Å². The van der Waals surface area contributed by atoms with Gasteiger partial charge in [-0.2, -0.15) is 5.26 Å². The molecule has 41 heavy (non-hydrogen) atoms. The molecule has 2 saturated heterocycles. The second kappa shape index (κ2) is 11.9. The molecule has 2 aromatic carbocycles. The molecule has 1 aliphatic carbocycles. The van der Waals surface area contributed by atoms with Gasteiger partial charge >= 0.3 is 12.3 Å². The zero-order valence-corrected chi connectivity index (χ0v) is 23.1. The standard InChI is InChI=1S/C31H35F4N3O3/c1-21(39)40-29-7-3-6-28(29)30(20-36,24-4-2-5-25(32)16-24)23-12-14-37(15-13-23)17-22-18-38(19-22)26-8-10-27(11-9-26)41-31(33,34)35/h2,4-5,8-11,16,22-23,28-29H,3,6-7,12-15,17-19H2,1H3/t28-,29-,30?/m0/s1. The number of carbonyl (C=O) groups excluding carboxylic acids is 1. The number of alkyl halides is 3. The van der Waals surface area contributed by atoms with Crippen molar-refractivity contribution in [1.82, 2.24) is 4.90 Å². The van der Waals surface area contributed by atoms with E-state index in [4.69, 9.17) is 4.74 Å². The summed E-state index contributed by atoms with van der Waals surface area (Å²) in [4.78, 5) is 16.4. The van der Waals surface area contributed by atoms with E-state index in [1.807, 2.05) is 6.07 Å². The SMILES string of the molecule is CC(=O)O[C@H]1CCC[C@@H]1C(C#N)(c1cccc(F)c1)C1CCN(CC2CN(c3ccc(OC(F)(F)F)cc3)C2)CC1. The van der Waals surface area contributed by atoms with E-state index in [-0.39, 0.29) is 35.5 Å². The van der Waals surface area contributed by atoms with Crippen LogP contribution >= 0.6 is 0 Å². The number of carbonyl (C=O) groups is 1. The van der Waals surface area contributed by atoms with Gasteiger partial charge in [-0.3, -0.25) is 4.79 Å². The molecule has 3 atom stereocenters. The molecule has 6 nitrogen and oxygen atoms in total. The second-order valence-electron chi connectivity index (χ2n) is 11.6. The maximum absolute atomic E-state index is 14.4. The van der Waals surface area contributed by atoms with Gasteiger partial charge in [0.1, 0.15) is 17.7 Å². The van der Waals surface area contributed by atoms with Crippen molar-refractivity contribution in [2.75, 3.05) is 37.6 Å². The molecule has 0 N–H and O–H groups in total. The Morgan fingerprint density at radius 3 is 2.37 bits per heavy atom.